The zero-order chi connectivity index (χ0) is 14.2. The summed E-state index contributed by atoms with van der Waals surface area (Å²) in [5.74, 6) is -0.0686. The second kappa shape index (κ2) is 3.55. The average Bonchev–Trinajstić information content (AvgIpc) is 2.91. The normalized spacial score (nSPS) is 28.3. The van der Waals surface area contributed by atoms with Crippen molar-refractivity contribution >= 4 is 11.6 Å². The molecule has 2 atom stereocenters. The molecule has 3 nitrogen and oxygen atoms in total. The summed E-state index contributed by atoms with van der Waals surface area (Å²) in [6.45, 7) is 0. The molecule has 1 amide bonds. The molecule has 0 spiro atoms. The van der Waals surface area contributed by atoms with Gasteiger partial charge in [0.05, 0.1) is 5.69 Å². The van der Waals surface area contributed by atoms with Gasteiger partial charge in [-0.1, -0.05) is 30.3 Å². The van der Waals surface area contributed by atoms with Gasteiger partial charge in [-0.2, -0.15) is 0 Å². The fourth-order valence-corrected chi connectivity index (χ4v) is 4.48. The third-order valence-electron chi connectivity index (χ3n) is 5.29. The lowest BCUT2D eigenvalue weighted by molar-refractivity contribution is 0.0182. The van der Waals surface area contributed by atoms with Gasteiger partial charge in [-0.3, -0.25) is 9.69 Å². The summed E-state index contributed by atoms with van der Waals surface area (Å²) in [5, 5.41) is 11.5. The summed E-state index contributed by atoms with van der Waals surface area (Å²) >= 11 is 0. The van der Waals surface area contributed by atoms with Crippen molar-refractivity contribution in [2.24, 2.45) is 0 Å². The Morgan fingerprint density at radius 3 is 2.90 bits per heavy atom. The first kappa shape index (κ1) is 11.5. The summed E-state index contributed by atoms with van der Waals surface area (Å²) in [7, 11) is 0. The molecule has 21 heavy (non-hydrogen) atoms. The molecular formula is C18H15NO2. The Balaban J connectivity index is 1.86. The molecule has 1 aliphatic carbocycles. The van der Waals surface area contributed by atoms with Crippen molar-refractivity contribution in [3.05, 3.63) is 64.7 Å². The van der Waals surface area contributed by atoms with Crippen LogP contribution in [0.25, 0.3) is 0 Å². The highest BCUT2D eigenvalue weighted by Crippen LogP contribution is 2.60. The van der Waals surface area contributed by atoms with Crippen molar-refractivity contribution < 1.29 is 9.90 Å². The highest BCUT2D eigenvalue weighted by Gasteiger charge is 2.60. The van der Waals surface area contributed by atoms with E-state index in [-0.39, 0.29) is 11.8 Å². The number of hydrogen-bond donors (Lipinski definition) is 1. The van der Waals surface area contributed by atoms with Crippen LogP contribution in [0.3, 0.4) is 0 Å². The monoisotopic (exact) mass is 277 g/mol. The highest BCUT2D eigenvalue weighted by molar-refractivity contribution is 6.13. The lowest BCUT2D eigenvalue weighted by atomic mass is 9.77. The minimum atomic E-state index is -1.19. The van der Waals surface area contributed by atoms with Gasteiger partial charge in [0, 0.05) is 17.0 Å². The average molecular weight is 277 g/mol. The van der Waals surface area contributed by atoms with Gasteiger partial charge in [-0.25, -0.2) is 0 Å². The van der Waals surface area contributed by atoms with Crippen LogP contribution >= 0.6 is 0 Å². The number of aryl methyl sites for hydroxylation is 1. The Morgan fingerprint density at radius 2 is 2.00 bits per heavy atom. The van der Waals surface area contributed by atoms with Crippen LogP contribution in [0.2, 0.25) is 0 Å². The molecule has 5 rings (SSSR count). The van der Waals surface area contributed by atoms with Crippen LogP contribution < -0.4 is 4.90 Å². The van der Waals surface area contributed by atoms with Gasteiger partial charge < -0.3 is 5.11 Å². The Bertz CT molecular complexity index is 798. The lowest BCUT2D eigenvalue weighted by Gasteiger charge is -2.34. The molecule has 0 saturated heterocycles. The van der Waals surface area contributed by atoms with Gasteiger partial charge >= 0.3 is 0 Å². The first-order valence-corrected chi connectivity index (χ1v) is 7.51. The maximum Gasteiger partial charge on any atom is 0.261 e. The number of anilines is 1. The maximum atomic E-state index is 12.8. The van der Waals surface area contributed by atoms with Crippen LogP contribution in [-0.2, 0) is 12.1 Å². The van der Waals surface area contributed by atoms with Crippen LogP contribution in [0.1, 0.15) is 45.8 Å². The molecule has 104 valence electrons. The second-order valence-electron chi connectivity index (χ2n) is 6.21. The molecule has 2 unspecified atom stereocenters. The van der Waals surface area contributed by atoms with E-state index in [4.69, 9.17) is 0 Å². The first-order chi connectivity index (χ1) is 10.2. The van der Waals surface area contributed by atoms with E-state index in [0.717, 1.165) is 30.5 Å². The fraction of sp³-hybridized carbons (Fsp3) is 0.278. The van der Waals surface area contributed by atoms with Crippen LogP contribution in [0.15, 0.2) is 42.5 Å². The fourth-order valence-electron chi connectivity index (χ4n) is 4.48. The lowest BCUT2D eigenvalue weighted by Crippen LogP contribution is -2.43. The first-order valence-electron chi connectivity index (χ1n) is 7.51. The largest absolute Gasteiger partial charge is 0.366 e. The molecule has 3 heteroatoms. The Labute approximate surface area is 122 Å². The standard InChI is InChI=1S/C18H15NO2/c20-17-12-7-1-2-8-13(12)18(21)14-9-3-5-11-6-4-10-15(16(11)14)19(17)18/h1-2,4,6-8,10,14,21H,3,5,9H2. The third kappa shape index (κ3) is 1.14. The summed E-state index contributed by atoms with van der Waals surface area (Å²) in [4.78, 5) is 14.4. The van der Waals surface area contributed by atoms with Gasteiger partial charge in [0.15, 0.2) is 5.72 Å². The van der Waals surface area contributed by atoms with E-state index in [1.54, 1.807) is 4.90 Å². The van der Waals surface area contributed by atoms with Crippen molar-refractivity contribution in [1.29, 1.82) is 0 Å². The number of aliphatic hydroxyl groups is 1. The van der Waals surface area contributed by atoms with E-state index in [1.807, 2.05) is 36.4 Å². The minimum Gasteiger partial charge on any atom is -0.366 e. The van der Waals surface area contributed by atoms with Gasteiger partial charge in [0.2, 0.25) is 0 Å². The molecule has 2 aromatic rings. The van der Waals surface area contributed by atoms with Crippen LogP contribution in [-0.4, -0.2) is 11.0 Å². The number of fused-ring (bicyclic) bond motifs is 5. The van der Waals surface area contributed by atoms with E-state index in [0.29, 0.717) is 5.56 Å². The van der Waals surface area contributed by atoms with Crippen LogP contribution in [0, 0.1) is 0 Å². The number of benzene rings is 2. The maximum absolute atomic E-state index is 12.8. The number of carbonyl (C=O) groups is 1. The number of nitrogens with zero attached hydrogens (tertiary/aromatic N) is 1. The van der Waals surface area contributed by atoms with E-state index in [2.05, 4.69) is 6.07 Å². The van der Waals surface area contributed by atoms with Gasteiger partial charge in [0.1, 0.15) is 0 Å². The highest BCUT2D eigenvalue weighted by atomic mass is 16.3. The molecule has 0 fully saturated rings. The molecule has 2 aromatic carbocycles. The van der Waals surface area contributed by atoms with Crippen molar-refractivity contribution in [3.63, 3.8) is 0 Å². The number of rotatable bonds is 0. The number of carbonyl (C=O) groups excluding carboxylic acids is 1. The van der Waals surface area contributed by atoms with E-state index < -0.39 is 5.72 Å². The molecule has 0 saturated carbocycles. The quantitative estimate of drug-likeness (QED) is 0.804. The SMILES string of the molecule is O=C1c2ccccc2C2(O)C3CCCc4cccc(c43)N12. The zero-order valence-corrected chi connectivity index (χ0v) is 11.5. The summed E-state index contributed by atoms with van der Waals surface area (Å²) in [6, 6.07) is 13.6. The van der Waals surface area contributed by atoms with E-state index in [9.17, 15) is 9.90 Å². The Morgan fingerprint density at radius 1 is 1.14 bits per heavy atom. The van der Waals surface area contributed by atoms with Gasteiger partial charge in [0.25, 0.3) is 5.91 Å². The molecule has 2 aliphatic heterocycles. The van der Waals surface area contributed by atoms with Crippen molar-refractivity contribution in [1.82, 2.24) is 0 Å². The Kier molecular flexibility index (Phi) is 1.95. The number of amides is 1. The molecule has 3 aliphatic rings. The third-order valence-corrected chi connectivity index (χ3v) is 5.29. The summed E-state index contributed by atoms with van der Waals surface area (Å²) in [6.07, 6.45) is 3.03. The van der Waals surface area contributed by atoms with Crippen LogP contribution in [0.5, 0.6) is 0 Å². The molecule has 0 bridgehead atoms. The molecule has 0 aromatic heterocycles. The minimum absolute atomic E-state index is 0.00468. The molecule has 0 radical (unpaired) electrons. The molecule has 1 N–H and O–H groups in total. The summed E-state index contributed by atoms with van der Waals surface area (Å²) < 4.78 is 0. The summed E-state index contributed by atoms with van der Waals surface area (Å²) in [5.41, 5.74) is 3.60. The topological polar surface area (TPSA) is 40.5 Å². The Hall–Kier alpha value is -2.13. The predicted molar refractivity (Wildman–Crippen MR) is 79.3 cm³/mol. The molecule has 2 heterocycles. The smallest absolute Gasteiger partial charge is 0.261 e. The van der Waals surface area contributed by atoms with E-state index in [1.165, 1.54) is 11.1 Å². The second-order valence-corrected chi connectivity index (χ2v) is 6.21. The predicted octanol–water partition coefficient (Wildman–Crippen LogP) is 2.93. The molecular weight excluding hydrogens is 262 g/mol. The van der Waals surface area contributed by atoms with E-state index >= 15 is 0 Å². The zero-order valence-electron chi connectivity index (χ0n) is 11.5. The van der Waals surface area contributed by atoms with Crippen molar-refractivity contribution in [2.75, 3.05) is 4.90 Å². The number of hydrogen-bond acceptors (Lipinski definition) is 2. The van der Waals surface area contributed by atoms with Gasteiger partial charge in [-0.05, 0) is 42.5 Å². The van der Waals surface area contributed by atoms with Crippen molar-refractivity contribution in [2.45, 2.75) is 30.9 Å². The van der Waals surface area contributed by atoms with Crippen molar-refractivity contribution in [3.8, 4) is 0 Å². The van der Waals surface area contributed by atoms with Crippen LogP contribution in [0.4, 0.5) is 5.69 Å². The van der Waals surface area contributed by atoms with Gasteiger partial charge in [-0.15, -0.1) is 0 Å².